The van der Waals surface area contributed by atoms with Gasteiger partial charge < -0.3 is 14.7 Å². The molecule has 2 amide bonds. The number of aryl methyl sites for hydroxylation is 1. The van der Waals surface area contributed by atoms with Crippen molar-refractivity contribution in [1.29, 1.82) is 0 Å². The fourth-order valence-electron chi connectivity index (χ4n) is 4.37. The van der Waals surface area contributed by atoms with Gasteiger partial charge >= 0.3 is 0 Å². The number of halogens is 1. The normalized spacial score (nSPS) is 17.5. The first kappa shape index (κ1) is 22.3. The highest BCUT2D eigenvalue weighted by molar-refractivity contribution is 5.94. The van der Waals surface area contributed by atoms with E-state index in [0.717, 1.165) is 12.0 Å². The summed E-state index contributed by atoms with van der Waals surface area (Å²) in [5, 5.41) is 0. The monoisotopic (exact) mass is 438 g/mol. The highest BCUT2D eigenvalue weighted by Crippen LogP contribution is 2.20. The Morgan fingerprint density at radius 3 is 2.06 bits per heavy atom. The summed E-state index contributed by atoms with van der Waals surface area (Å²) in [4.78, 5) is 33.4. The van der Waals surface area contributed by atoms with Crippen LogP contribution in [0.3, 0.4) is 0 Å². The molecule has 0 spiro atoms. The number of anilines is 1. The third-order valence-corrected chi connectivity index (χ3v) is 6.45. The zero-order chi connectivity index (χ0) is 22.5. The quantitative estimate of drug-likeness (QED) is 0.720. The molecule has 4 rings (SSSR count). The zero-order valence-electron chi connectivity index (χ0n) is 18.7. The van der Waals surface area contributed by atoms with E-state index in [-0.39, 0.29) is 17.6 Å². The minimum atomic E-state index is -0.221. The molecule has 6 nitrogen and oxygen atoms in total. The number of para-hydroxylation sites is 1. The summed E-state index contributed by atoms with van der Waals surface area (Å²) in [6.07, 6.45) is 0.958. The average Bonchev–Trinajstić information content (AvgIpc) is 2.84. The van der Waals surface area contributed by atoms with Crippen LogP contribution in [0.4, 0.5) is 10.1 Å². The predicted octanol–water partition coefficient (Wildman–Crippen LogP) is 2.49. The van der Waals surface area contributed by atoms with Gasteiger partial charge in [0, 0.05) is 57.9 Å². The van der Waals surface area contributed by atoms with E-state index in [2.05, 4.69) is 11.8 Å². The summed E-state index contributed by atoms with van der Waals surface area (Å²) < 4.78 is 14.0. The Morgan fingerprint density at radius 1 is 0.812 bits per heavy atom. The number of benzene rings is 2. The van der Waals surface area contributed by atoms with Crippen molar-refractivity contribution in [3.8, 4) is 0 Å². The molecular weight excluding hydrogens is 407 g/mol. The number of hydrogen-bond acceptors (Lipinski definition) is 4. The highest BCUT2D eigenvalue weighted by atomic mass is 19.1. The molecule has 0 aromatic heterocycles. The molecule has 2 aliphatic heterocycles. The van der Waals surface area contributed by atoms with Crippen LogP contribution in [0, 0.1) is 5.82 Å². The van der Waals surface area contributed by atoms with Crippen LogP contribution < -0.4 is 4.90 Å². The molecule has 0 radical (unpaired) electrons. The molecule has 0 unspecified atom stereocenters. The maximum absolute atomic E-state index is 14.0. The molecule has 2 heterocycles. The molecular formula is C25H31FN4O2. The van der Waals surface area contributed by atoms with E-state index >= 15 is 0 Å². The van der Waals surface area contributed by atoms with Crippen molar-refractivity contribution in [2.45, 2.75) is 13.3 Å². The molecule has 2 aromatic rings. The largest absolute Gasteiger partial charge is 0.366 e. The number of hydrogen-bond donors (Lipinski definition) is 0. The molecule has 170 valence electrons. The molecule has 0 N–H and O–H groups in total. The second kappa shape index (κ2) is 10.1. The first-order valence-electron chi connectivity index (χ1n) is 11.4. The number of carbonyl (C=O) groups excluding carboxylic acids is 2. The van der Waals surface area contributed by atoms with Crippen molar-refractivity contribution in [1.82, 2.24) is 14.7 Å². The first-order valence-corrected chi connectivity index (χ1v) is 11.4. The Balaban J connectivity index is 1.22. The Bertz CT molecular complexity index is 933. The topological polar surface area (TPSA) is 47.1 Å². The number of piperazine rings is 2. The van der Waals surface area contributed by atoms with Gasteiger partial charge in [0.25, 0.3) is 5.91 Å². The van der Waals surface area contributed by atoms with E-state index in [1.54, 1.807) is 12.1 Å². The lowest BCUT2D eigenvalue weighted by Crippen LogP contribution is -2.54. The maximum atomic E-state index is 14.0. The van der Waals surface area contributed by atoms with Crippen LogP contribution in [0.1, 0.15) is 22.8 Å². The van der Waals surface area contributed by atoms with E-state index in [4.69, 9.17) is 0 Å². The van der Waals surface area contributed by atoms with Gasteiger partial charge in [-0.3, -0.25) is 14.5 Å². The maximum Gasteiger partial charge on any atom is 0.253 e. The number of carbonyl (C=O) groups is 2. The minimum absolute atomic E-state index is 0.0582. The van der Waals surface area contributed by atoms with Crippen LogP contribution in [-0.2, 0) is 11.2 Å². The summed E-state index contributed by atoms with van der Waals surface area (Å²) in [7, 11) is 0. The van der Waals surface area contributed by atoms with Crippen molar-refractivity contribution < 1.29 is 14.0 Å². The van der Waals surface area contributed by atoms with E-state index in [0.29, 0.717) is 64.6 Å². The van der Waals surface area contributed by atoms with Crippen molar-refractivity contribution in [2.75, 3.05) is 63.8 Å². The fourth-order valence-corrected chi connectivity index (χ4v) is 4.37. The van der Waals surface area contributed by atoms with Gasteiger partial charge in [-0.05, 0) is 36.2 Å². The van der Waals surface area contributed by atoms with Crippen molar-refractivity contribution in [3.05, 3.63) is 65.5 Å². The zero-order valence-corrected chi connectivity index (χ0v) is 18.7. The fraction of sp³-hybridized carbons (Fsp3) is 0.440. The lowest BCUT2D eigenvalue weighted by molar-refractivity contribution is -0.133. The summed E-state index contributed by atoms with van der Waals surface area (Å²) in [6, 6.07) is 14.6. The van der Waals surface area contributed by atoms with Gasteiger partial charge in [0.1, 0.15) is 5.82 Å². The molecule has 0 atom stereocenters. The van der Waals surface area contributed by atoms with Gasteiger partial charge in [-0.2, -0.15) is 0 Å². The van der Waals surface area contributed by atoms with E-state index in [1.807, 2.05) is 45.0 Å². The number of amides is 2. The third kappa shape index (κ3) is 5.10. The molecule has 0 aliphatic carbocycles. The smallest absolute Gasteiger partial charge is 0.253 e. The van der Waals surface area contributed by atoms with Crippen LogP contribution in [0.5, 0.6) is 0 Å². The van der Waals surface area contributed by atoms with E-state index in [9.17, 15) is 14.0 Å². The standard InChI is InChI=1S/C25H31FN4O2/c1-2-20-7-9-21(10-8-20)25(32)30-13-11-27(12-14-30)19-24(31)29-17-15-28(16-18-29)23-6-4-3-5-22(23)26/h3-10H,2,11-19H2,1H3. The second-order valence-electron chi connectivity index (χ2n) is 8.44. The van der Waals surface area contributed by atoms with Gasteiger partial charge in [0.05, 0.1) is 12.2 Å². The van der Waals surface area contributed by atoms with Crippen molar-refractivity contribution in [2.24, 2.45) is 0 Å². The van der Waals surface area contributed by atoms with Gasteiger partial charge in [0.2, 0.25) is 5.91 Å². The Kier molecular flexibility index (Phi) is 7.05. The second-order valence-corrected chi connectivity index (χ2v) is 8.44. The van der Waals surface area contributed by atoms with Gasteiger partial charge in [-0.1, -0.05) is 31.2 Å². The van der Waals surface area contributed by atoms with Crippen LogP contribution in [-0.4, -0.2) is 85.4 Å². The summed E-state index contributed by atoms with van der Waals surface area (Å²) >= 11 is 0. The van der Waals surface area contributed by atoms with E-state index in [1.165, 1.54) is 11.6 Å². The summed E-state index contributed by atoms with van der Waals surface area (Å²) in [6.45, 7) is 7.56. The molecule has 0 saturated carbocycles. The summed E-state index contributed by atoms with van der Waals surface area (Å²) in [5.74, 6) is -0.0583. The molecule has 32 heavy (non-hydrogen) atoms. The van der Waals surface area contributed by atoms with Crippen LogP contribution in [0.25, 0.3) is 0 Å². The molecule has 2 aromatic carbocycles. The SMILES string of the molecule is CCc1ccc(C(=O)N2CCN(CC(=O)N3CCN(c4ccccc4F)CC3)CC2)cc1. The van der Waals surface area contributed by atoms with Crippen LogP contribution >= 0.6 is 0 Å². The van der Waals surface area contributed by atoms with Crippen molar-refractivity contribution >= 4 is 17.5 Å². The van der Waals surface area contributed by atoms with Gasteiger partial charge in [-0.25, -0.2) is 4.39 Å². The van der Waals surface area contributed by atoms with Crippen molar-refractivity contribution in [3.63, 3.8) is 0 Å². The molecule has 2 aliphatic rings. The minimum Gasteiger partial charge on any atom is -0.366 e. The predicted molar refractivity (Wildman–Crippen MR) is 123 cm³/mol. The Morgan fingerprint density at radius 2 is 1.44 bits per heavy atom. The summed E-state index contributed by atoms with van der Waals surface area (Å²) in [5.41, 5.74) is 2.55. The van der Waals surface area contributed by atoms with Crippen LogP contribution in [0.2, 0.25) is 0 Å². The number of rotatable bonds is 5. The highest BCUT2D eigenvalue weighted by Gasteiger charge is 2.27. The molecule has 7 heteroatoms. The van der Waals surface area contributed by atoms with Gasteiger partial charge in [0.15, 0.2) is 0 Å². The Labute approximate surface area is 189 Å². The lowest BCUT2D eigenvalue weighted by Gasteiger charge is -2.38. The molecule has 2 saturated heterocycles. The molecule has 2 fully saturated rings. The number of nitrogens with zero attached hydrogens (tertiary/aromatic N) is 4. The van der Waals surface area contributed by atoms with E-state index < -0.39 is 0 Å². The third-order valence-electron chi connectivity index (χ3n) is 6.45. The van der Waals surface area contributed by atoms with Gasteiger partial charge in [-0.15, -0.1) is 0 Å². The first-order chi connectivity index (χ1) is 15.5. The average molecular weight is 439 g/mol. The lowest BCUT2D eigenvalue weighted by atomic mass is 10.1. The Hall–Kier alpha value is -2.93. The van der Waals surface area contributed by atoms with Crippen LogP contribution in [0.15, 0.2) is 48.5 Å². The molecule has 0 bridgehead atoms.